The van der Waals surface area contributed by atoms with Gasteiger partial charge in [-0.25, -0.2) is 4.79 Å². The normalized spacial score (nSPS) is 19.7. The smallest absolute Gasteiger partial charge is 0.326 e. The monoisotopic (exact) mass is 367 g/mol. The van der Waals surface area contributed by atoms with Crippen LogP contribution in [0.1, 0.15) is 47.4 Å². The summed E-state index contributed by atoms with van der Waals surface area (Å²) in [5.41, 5.74) is 3.53. The SMILES string of the molecule is Cc1c(NC(=O)c2ccc3c(c2)[nH]c(=O)n3C2CC2)cnn1C1CCOC1. The van der Waals surface area contributed by atoms with Crippen LogP contribution in [0.15, 0.2) is 29.2 Å². The number of carbonyl (C=O) groups is 1. The van der Waals surface area contributed by atoms with Gasteiger partial charge in [0, 0.05) is 18.2 Å². The molecule has 140 valence electrons. The Morgan fingerprint density at radius 3 is 2.89 bits per heavy atom. The average Bonchev–Trinajstić information content (AvgIpc) is 3.07. The van der Waals surface area contributed by atoms with Crippen molar-refractivity contribution in [3.05, 3.63) is 46.1 Å². The van der Waals surface area contributed by atoms with Gasteiger partial charge in [0.05, 0.1) is 41.3 Å². The van der Waals surface area contributed by atoms with Crippen molar-refractivity contribution in [2.75, 3.05) is 18.5 Å². The van der Waals surface area contributed by atoms with E-state index in [9.17, 15) is 9.59 Å². The van der Waals surface area contributed by atoms with Crippen LogP contribution >= 0.6 is 0 Å². The van der Waals surface area contributed by atoms with Gasteiger partial charge in [0.25, 0.3) is 5.91 Å². The number of carbonyl (C=O) groups excluding carboxylic acids is 1. The van der Waals surface area contributed by atoms with E-state index in [4.69, 9.17) is 4.74 Å². The van der Waals surface area contributed by atoms with E-state index < -0.39 is 0 Å². The Bertz CT molecular complexity index is 1080. The number of imidazole rings is 1. The summed E-state index contributed by atoms with van der Waals surface area (Å²) in [5, 5.41) is 7.34. The zero-order valence-corrected chi connectivity index (χ0v) is 15.1. The summed E-state index contributed by atoms with van der Waals surface area (Å²) in [6.45, 7) is 3.33. The number of amides is 1. The summed E-state index contributed by atoms with van der Waals surface area (Å²) >= 11 is 0. The summed E-state index contributed by atoms with van der Waals surface area (Å²) in [6, 6.07) is 5.84. The minimum absolute atomic E-state index is 0.110. The molecule has 8 nitrogen and oxygen atoms in total. The maximum atomic E-state index is 12.7. The molecule has 3 aromatic rings. The molecule has 3 heterocycles. The topological polar surface area (TPSA) is 93.9 Å². The molecule has 8 heteroatoms. The van der Waals surface area contributed by atoms with Crippen molar-refractivity contribution in [3.8, 4) is 0 Å². The van der Waals surface area contributed by atoms with Gasteiger partial charge in [-0.1, -0.05) is 0 Å². The maximum Gasteiger partial charge on any atom is 0.326 e. The summed E-state index contributed by atoms with van der Waals surface area (Å²) in [5.74, 6) is -0.220. The first-order valence-electron chi connectivity index (χ1n) is 9.29. The Kier molecular flexibility index (Phi) is 3.68. The molecule has 2 fully saturated rings. The van der Waals surface area contributed by atoms with E-state index in [1.165, 1.54) is 0 Å². The molecule has 1 saturated heterocycles. The van der Waals surface area contributed by atoms with Gasteiger partial charge in [0.1, 0.15) is 0 Å². The fraction of sp³-hybridized carbons (Fsp3) is 0.421. The van der Waals surface area contributed by atoms with Crippen molar-refractivity contribution in [1.82, 2.24) is 19.3 Å². The van der Waals surface area contributed by atoms with Crippen LogP contribution in [0.3, 0.4) is 0 Å². The van der Waals surface area contributed by atoms with Gasteiger partial charge >= 0.3 is 5.69 Å². The second-order valence-electron chi connectivity index (χ2n) is 7.32. The number of H-pyrrole nitrogens is 1. The number of fused-ring (bicyclic) bond motifs is 1. The molecule has 2 aliphatic rings. The van der Waals surface area contributed by atoms with Crippen LogP contribution in [-0.4, -0.2) is 38.5 Å². The van der Waals surface area contributed by atoms with E-state index in [0.29, 0.717) is 29.4 Å². The number of hydrogen-bond donors (Lipinski definition) is 2. The second-order valence-corrected chi connectivity index (χ2v) is 7.32. The first kappa shape index (κ1) is 16.3. The van der Waals surface area contributed by atoms with Gasteiger partial charge in [0.2, 0.25) is 0 Å². The summed E-state index contributed by atoms with van der Waals surface area (Å²) < 4.78 is 9.12. The Hall–Kier alpha value is -2.87. The molecule has 1 unspecified atom stereocenters. The van der Waals surface area contributed by atoms with Gasteiger partial charge in [-0.3, -0.25) is 14.0 Å². The van der Waals surface area contributed by atoms with Crippen LogP contribution in [0.4, 0.5) is 5.69 Å². The third kappa shape index (κ3) is 2.76. The van der Waals surface area contributed by atoms with E-state index in [1.807, 2.05) is 17.7 Å². The molecule has 0 radical (unpaired) electrons. The number of hydrogen-bond acceptors (Lipinski definition) is 4. The molecule has 1 amide bonds. The Labute approximate surface area is 155 Å². The van der Waals surface area contributed by atoms with Crippen molar-refractivity contribution < 1.29 is 9.53 Å². The van der Waals surface area contributed by atoms with Crippen molar-refractivity contribution in [2.24, 2.45) is 0 Å². The number of benzene rings is 1. The van der Waals surface area contributed by atoms with Gasteiger partial charge < -0.3 is 15.0 Å². The Balaban J connectivity index is 1.40. The zero-order valence-electron chi connectivity index (χ0n) is 15.1. The molecular weight excluding hydrogens is 346 g/mol. The Morgan fingerprint density at radius 2 is 2.15 bits per heavy atom. The van der Waals surface area contributed by atoms with E-state index in [-0.39, 0.29) is 17.6 Å². The van der Waals surface area contributed by atoms with Crippen molar-refractivity contribution >= 4 is 22.6 Å². The van der Waals surface area contributed by atoms with E-state index in [2.05, 4.69) is 15.4 Å². The number of aromatic nitrogens is 4. The number of rotatable bonds is 4. The molecule has 2 N–H and O–H groups in total. The lowest BCUT2D eigenvalue weighted by atomic mass is 10.2. The van der Waals surface area contributed by atoms with Crippen molar-refractivity contribution in [3.63, 3.8) is 0 Å². The number of ether oxygens (including phenoxy) is 1. The predicted octanol–water partition coefficient (Wildman–Crippen LogP) is 2.38. The van der Waals surface area contributed by atoms with Crippen LogP contribution in [-0.2, 0) is 4.74 Å². The van der Waals surface area contributed by atoms with Crippen molar-refractivity contribution in [1.29, 1.82) is 0 Å². The van der Waals surface area contributed by atoms with Gasteiger partial charge in [-0.15, -0.1) is 0 Å². The molecule has 1 aliphatic carbocycles. The molecule has 2 aromatic heterocycles. The van der Waals surface area contributed by atoms with Crippen LogP contribution in [0.25, 0.3) is 11.0 Å². The van der Waals surface area contributed by atoms with Crippen LogP contribution in [0.2, 0.25) is 0 Å². The lowest BCUT2D eigenvalue weighted by Gasteiger charge is -2.11. The number of nitrogens with zero attached hydrogens (tertiary/aromatic N) is 3. The fourth-order valence-electron chi connectivity index (χ4n) is 3.79. The summed E-state index contributed by atoms with van der Waals surface area (Å²) in [4.78, 5) is 27.7. The van der Waals surface area contributed by atoms with E-state index in [1.54, 1.807) is 22.9 Å². The third-order valence-electron chi connectivity index (χ3n) is 5.44. The predicted molar refractivity (Wildman–Crippen MR) is 100 cm³/mol. The highest BCUT2D eigenvalue weighted by Gasteiger charge is 2.27. The highest BCUT2D eigenvalue weighted by molar-refractivity contribution is 6.06. The first-order chi connectivity index (χ1) is 13.1. The van der Waals surface area contributed by atoms with Crippen LogP contribution in [0, 0.1) is 6.92 Å². The molecular formula is C19H21N5O3. The standard InChI is InChI=1S/C19H21N5O3/c1-11-16(9-20-24(11)14-6-7-27-10-14)21-18(25)12-2-5-17-15(8-12)22-19(26)23(17)13-3-4-13/h2,5,8-9,13-14H,3-4,6-7,10H2,1H3,(H,21,25)(H,22,26). The van der Waals surface area contributed by atoms with Gasteiger partial charge in [-0.2, -0.15) is 5.10 Å². The van der Waals surface area contributed by atoms with E-state index >= 15 is 0 Å². The minimum atomic E-state index is -0.220. The highest BCUT2D eigenvalue weighted by Crippen LogP contribution is 2.35. The second kappa shape index (κ2) is 6.09. The van der Waals surface area contributed by atoms with Crippen LogP contribution < -0.4 is 11.0 Å². The number of anilines is 1. The maximum absolute atomic E-state index is 12.7. The highest BCUT2D eigenvalue weighted by atomic mass is 16.5. The molecule has 1 aromatic carbocycles. The third-order valence-corrected chi connectivity index (χ3v) is 5.44. The largest absolute Gasteiger partial charge is 0.379 e. The minimum Gasteiger partial charge on any atom is -0.379 e. The summed E-state index contributed by atoms with van der Waals surface area (Å²) in [6.07, 6.45) is 4.67. The molecule has 1 saturated carbocycles. The van der Waals surface area contributed by atoms with Crippen LogP contribution in [0.5, 0.6) is 0 Å². The quantitative estimate of drug-likeness (QED) is 0.740. The molecule has 0 bridgehead atoms. The number of aromatic amines is 1. The van der Waals surface area contributed by atoms with Gasteiger partial charge in [-0.05, 0) is 44.4 Å². The van der Waals surface area contributed by atoms with Crippen molar-refractivity contribution in [2.45, 2.75) is 38.3 Å². The molecule has 5 rings (SSSR count). The fourth-order valence-corrected chi connectivity index (χ4v) is 3.79. The molecule has 1 aliphatic heterocycles. The van der Waals surface area contributed by atoms with E-state index in [0.717, 1.165) is 37.1 Å². The molecule has 27 heavy (non-hydrogen) atoms. The Morgan fingerprint density at radius 1 is 1.30 bits per heavy atom. The zero-order chi connectivity index (χ0) is 18.5. The first-order valence-corrected chi connectivity index (χ1v) is 9.29. The summed E-state index contributed by atoms with van der Waals surface area (Å²) in [7, 11) is 0. The lowest BCUT2D eigenvalue weighted by Crippen LogP contribution is -2.15. The average molecular weight is 367 g/mol. The molecule has 1 atom stereocenters. The van der Waals surface area contributed by atoms with Gasteiger partial charge in [0.15, 0.2) is 0 Å². The molecule has 0 spiro atoms. The number of nitrogens with one attached hydrogen (secondary N) is 2. The lowest BCUT2D eigenvalue weighted by molar-refractivity contribution is 0.102.